The predicted molar refractivity (Wildman–Crippen MR) is 88.6 cm³/mol. The number of benzene rings is 1. The molecule has 2 rings (SSSR count). The lowest BCUT2D eigenvalue weighted by Gasteiger charge is -2.09. The Morgan fingerprint density at radius 3 is 2.79 bits per heavy atom. The number of nitrogens with one attached hydrogen (secondary N) is 2. The first-order valence-corrected chi connectivity index (χ1v) is 7.36. The third-order valence-corrected chi connectivity index (χ3v) is 3.16. The van der Waals surface area contributed by atoms with Crippen molar-refractivity contribution in [3.63, 3.8) is 0 Å². The molecule has 1 amide bonds. The van der Waals surface area contributed by atoms with E-state index < -0.39 is 5.91 Å². The Morgan fingerprint density at radius 1 is 1.38 bits per heavy atom. The Bertz CT molecular complexity index is 723. The quantitative estimate of drug-likeness (QED) is 0.309. The molecule has 126 valence electrons. The third-order valence-electron chi connectivity index (χ3n) is 2.88. The molecule has 0 fully saturated rings. The van der Waals surface area contributed by atoms with Crippen molar-refractivity contribution in [1.82, 2.24) is 10.5 Å². The Kier molecular flexibility index (Phi) is 6.53. The van der Waals surface area contributed by atoms with Gasteiger partial charge in [-0.1, -0.05) is 11.6 Å². The number of hydrogen-bond acceptors (Lipinski definition) is 5. The number of pyridine rings is 1. The lowest BCUT2D eigenvalue weighted by Crippen LogP contribution is -2.14. The van der Waals surface area contributed by atoms with Crippen molar-refractivity contribution in [1.29, 1.82) is 0 Å². The van der Waals surface area contributed by atoms with Crippen molar-refractivity contribution in [2.75, 3.05) is 18.5 Å². The molecular weight excluding hydrogens is 337 g/mol. The molecule has 1 heterocycles. The SMILES string of the molecule is O=C(/C=C/c1cnc(NCCOc2ccc(F)cc2)c(Cl)c1)NO. The first kappa shape index (κ1) is 17.7. The van der Waals surface area contributed by atoms with Gasteiger partial charge in [0.1, 0.15) is 24.0 Å². The number of nitrogens with zero attached hydrogens (tertiary/aromatic N) is 1. The number of ether oxygens (including phenoxy) is 1. The second-order valence-electron chi connectivity index (χ2n) is 4.64. The van der Waals surface area contributed by atoms with E-state index in [1.54, 1.807) is 18.2 Å². The second-order valence-corrected chi connectivity index (χ2v) is 5.04. The van der Waals surface area contributed by atoms with Crippen LogP contribution in [0.3, 0.4) is 0 Å². The molecule has 1 aromatic carbocycles. The minimum atomic E-state index is -0.647. The maximum atomic E-state index is 12.8. The lowest BCUT2D eigenvalue weighted by atomic mass is 10.2. The maximum absolute atomic E-state index is 12.8. The number of hydrogen-bond donors (Lipinski definition) is 3. The topological polar surface area (TPSA) is 83.5 Å². The largest absolute Gasteiger partial charge is 0.492 e. The van der Waals surface area contributed by atoms with Gasteiger partial charge in [-0.3, -0.25) is 10.0 Å². The van der Waals surface area contributed by atoms with Gasteiger partial charge in [0.15, 0.2) is 0 Å². The Labute approximate surface area is 142 Å². The van der Waals surface area contributed by atoms with Crippen LogP contribution in [0.5, 0.6) is 5.75 Å². The van der Waals surface area contributed by atoms with E-state index in [2.05, 4.69) is 10.3 Å². The van der Waals surface area contributed by atoms with Gasteiger partial charge >= 0.3 is 0 Å². The van der Waals surface area contributed by atoms with Crippen molar-refractivity contribution < 1.29 is 19.1 Å². The minimum absolute atomic E-state index is 0.318. The van der Waals surface area contributed by atoms with Crippen LogP contribution in [0.2, 0.25) is 5.02 Å². The first-order valence-electron chi connectivity index (χ1n) is 6.98. The Hall–Kier alpha value is -2.64. The maximum Gasteiger partial charge on any atom is 0.267 e. The molecule has 0 aliphatic carbocycles. The highest BCUT2D eigenvalue weighted by atomic mass is 35.5. The molecule has 1 aromatic heterocycles. The standard InChI is InChI=1S/C16H15ClFN3O3/c17-14-9-11(1-6-15(22)21-23)10-20-16(14)19-7-8-24-13-4-2-12(18)3-5-13/h1-6,9-10,23H,7-8H2,(H,19,20)(H,21,22)/b6-1+. The van der Waals surface area contributed by atoms with Crippen LogP contribution in [-0.2, 0) is 4.79 Å². The first-order chi connectivity index (χ1) is 11.6. The summed E-state index contributed by atoms with van der Waals surface area (Å²) in [4.78, 5) is 15.0. The summed E-state index contributed by atoms with van der Waals surface area (Å²) in [5.41, 5.74) is 2.09. The van der Waals surface area contributed by atoms with Gasteiger partial charge in [-0.05, 0) is 42.0 Å². The van der Waals surface area contributed by atoms with Crippen LogP contribution in [0.4, 0.5) is 10.2 Å². The number of aromatic nitrogens is 1. The molecule has 0 saturated heterocycles. The summed E-state index contributed by atoms with van der Waals surface area (Å²) in [5.74, 6) is 0.0800. The van der Waals surface area contributed by atoms with Crippen molar-refractivity contribution in [2.24, 2.45) is 0 Å². The molecule has 0 spiro atoms. The highest BCUT2D eigenvalue weighted by Crippen LogP contribution is 2.20. The van der Waals surface area contributed by atoms with Crippen molar-refractivity contribution in [3.05, 3.63) is 59.0 Å². The van der Waals surface area contributed by atoms with E-state index in [9.17, 15) is 9.18 Å². The number of carbonyl (C=O) groups excluding carboxylic acids is 1. The van der Waals surface area contributed by atoms with Crippen molar-refractivity contribution in [3.8, 4) is 5.75 Å². The van der Waals surface area contributed by atoms with Gasteiger partial charge in [-0.15, -0.1) is 0 Å². The summed E-state index contributed by atoms with van der Waals surface area (Å²) < 4.78 is 18.2. The summed E-state index contributed by atoms with van der Waals surface area (Å²) in [6, 6.07) is 7.36. The average molecular weight is 352 g/mol. The van der Waals surface area contributed by atoms with Gasteiger partial charge in [-0.25, -0.2) is 14.9 Å². The van der Waals surface area contributed by atoms with E-state index in [4.69, 9.17) is 21.5 Å². The minimum Gasteiger partial charge on any atom is -0.492 e. The highest BCUT2D eigenvalue weighted by molar-refractivity contribution is 6.33. The van der Waals surface area contributed by atoms with Crippen LogP contribution < -0.4 is 15.5 Å². The van der Waals surface area contributed by atoms with Crippen LogP contribution in [0.1, 0.15) is 5.56 Å². The average Bonchev–Trinajstić information content (AvgIpc) is 2.59. The van der Waals surface area contributed by atoms with Crippen LogP contribution in [0, 0.1) is 5.82 Å². The molecule has 24 heavy (non-hydrogen) atoms. The van der Waals surface area contributed by atoms with Gasteiger partial charge < -0.3 is 10.1 Å². The third kappa shape index (κ3) is 5.53. The summed E-state index contributed by atoms with van der Waals surface area (Å²) in [6.45, 7) is 0.800. The molecule has 0 bridgehead atoms. The van der Waals surface area contributed by atoms with Crippen molar-refractivity contribution in [2.45, 2.75) is 0 Å². The summed E-state index contributed by atoms with van der Waals surface area (Å²) in [5, 5.41) is 11.8. The zero-order valence-corrected chi connectivity index (χ0v) is 13.3. The zero-order chi connectivity index (χ0) is 17.4. The smallest absolute Gasteiger partial charge is 0.267 e. The van der Waals surface area contributed by atoms with E-state index in [0.717, 1.165) is 6.08 Å². The summed E-state index contributed by atoms with van der Waals surface area (Å²) in [6.07, 6.45) is 4.14. The molecule has 2 aromatic rings. The van der Waals surface area contributed by atoms with E-state index in [1.165, 1.54) is 29.9 Å². The zero-order valence-electron chi connectivity index (χ0n) is 12.5. The van der Waals surface area contributed by atoms with Crippen molar-refractivity contribution >= 4 is 29.4 Å². The number of hydroxylamine groups is 1. The number of anilines is 1. The van der Waals surface area contributed by atoms with Gasteiger partial charge in [0.2, 0.25) is 0 Å². The van der Waals surface area contributed by atoms with E-state index in [0.29, 0.717) is 35.3 Å². The predicted octanol–water partition coefficient (Wildman–Crippen LogP) is 2.88. The fourth-order valence-electron chi connectivity index (χ4n) is 1.75. The Morgan fingerprint density at radius 2 is 2.12 bits per heavy atom. The number of halogens is 2. The molecule has 0 saturated carbocycles. The van der Waals surface area contributed by atoms with E-state index in [-0.39, 0.29) is 5.82 Å². The van der Waals surface area contributed by atoms with Crippen LogP contribution >= 0.6 is 11.6 Å². The molecule has 0 aliphatic rings. The van der Waals surface area contributed by atoms with E-state index >= 15 is 0 Å². The normalized spacial score (nSPS) is 10.6. The fourth-order valence-corrected chi connectivity index (χ4v) is 1.99. The monoisotopic (exact) mass is 351 g/mol. The van der Waals surface area contributed by atoms with Gasteiger partial charge in [0, 0.05) is 12.3 Å². The highest BCUT2D eigenvalue weighted by Gasteiger charge is 2.03. The summed E-state index contributed by atoms with van der Waals surface area (Å²) in [7, 11) is 0. The van der Waals surface area contributed by atoms with Gasteiger partial charge in [0.05, 0.1) is 11.6 Å². The van der Waals surface area contributed by atoms with E-state index in [1.807, 2.05) is 0 Å². The second kappa shape index (κ2) is 8.85. The van der Waals surface area contributed by atoms with Gasteiger partial charge in [-0.2, -0.15) is 0 Å². The van der Waals surface area contributed by atoms with Crippen LogP contribution in [-0.4, -0.2) is 29.3 Å². The molecule has 0 atom stereocenters. The fraction of sp³-hybridized carbons (Fsp3) is 0.125. The number of carbonyl (C=O) groups is 1. The molecule has 3 N–H and O–H groups in total. The number of rotatable bonds is 7. The van der Waals surface area contributed by atoms with Crippen LogP contribution in [0.15, 0.2) is 42.6 Å². The molecule has 0 unspecified atom stereocenters. The summed E-state index contributed by atoms with van der Waals surface area (Å²) >= 11 is 6.10. The molecule has 8 heteroatoms. The molecule has 0 aliphatic heterocycles. The molecule has 6 nitrogen and oxygen atoms in total. The lowest BCUT2D eigenvalue weighted by molar-refractivity contribution is -0.124. The number of amides is 1. The molecule has 0 radical (unpaired) electrons. The Balaban J connectivity index is 1.83. The molecular formula is C16H15ClFN3O3. The van der Waals surface area contributed by atoms with Crippen LogP contribution in [0.25, 0.3) is 6.08 Å². The van der Waals surface area contributed by atoms with Gasteiger partial charge in [0.25, 0.3) is 5.91 Å².